The lowest BCUT2D eigenvalue weighted by Crippen LogP contribution is -2.21. The van der Waals surface area contributed by atoms with Crippen LogP contribution in [0, 0.1) is 19.7 Å². The third-order valence-corrected chi connectivity index (χ3v) is 8.19. The third kappa shape index (κ3) is 5.67. The van der Waals surface area contributed by atoms with Gasteiger partial charge in [-0.25, -0.2) is 9.37 Å². The van der Waals surface area contributed by atoms with Crippen molar-refractivity contribution in [3.05, 3.63) is 123 Å². The van der Waals surface area contributed by atoms with Crippen LogP contribution in [-0.4, -0.2) is 33.5 Å². The number of fused-ring (bicyclic) bond motifs is 2. The number of carbonyl (C=O) groups is 1. The topological polar surface area (TPSA) is 90.5 Å². The zero-order valence-electron chi connectivity index (χ0n) is 26.3. The molecule has 0 aliphatic carbocycles. The van der Waals surface area contributed by atoms with Crippen LogP contribution < -0.4 is 15.6 Å². The molecule has 6 aromatic rings. The SMILES string of the molecule is COc1cc(C)c(-c2nc3ccccc3c(=O)n2N=Cc2c(C)n(CC(=O)Nc3cccc(F)c3)c3ccccc23)cc1C(C)C. The number of carbonyl (C=O) groups excluding carboxylic acids is 1. The maximum Gasteiger partial charge on any atom is 0.282 e. The number of aryl methyl sites for hydroxylation is 1. The number of nitrogens with one attached hydrogen (secondary N) is 1. The van der Waals surface area contributed by atoms with Gasteiger partial charge in [0.2, 0.25) is 5.91 Å². The van der Waals surface area contributed by atoms with E-state index >= 15 is 0 Å². The van der Waals surface area contributed by atoms with E-state index in [1.165, 1.54) is 16.8 Å². The Morgan fingerprint density at radius 3 is 2.48 bits per heavy atom. The van der Waals surface area contributed by atoms with Gasteiger partial charge in [0, 0.05) is 33.4 Å². The number of anilines is 1. The largest absolute Gasteiger partial charge is 0.496 e. The van der Waals surface area contributed by atoms with Crippen LogP contribution >= 0.6 is 0 Å². The van der Waals surface area contributed by atoms with Crippen LogP contribution in [-0.2, 0) is 11.3 Å². The Labute approximate surface area is 265 Å². The molecule has 46 heavy (non-hydrogen) atoms. The highest BCUT2D eigenvalue weighted by atomic mass is 19.1. The highest BCUT2D eigenvalue weighted by Gasteiger charge is 2.20. The van der Waals surface area contributed by atoms with Crippen molar-refractivity contribution >= 4 is 39.6 Å². The first-order valence-corrected chi connectivity index (χ1v) is 15.0. The number of hydrogen-bond donors (Lipinski definition) is 1. The Hall–Kier alpha value is -5.57. The lowest BCUT2D eigenvalue weighted by atomic mass is 9.96. The van der Waals surface area contributed by atoms with Crippen LogP contribution in [0.5, 0.6) is 5.75 Å². The molecular weight excluding hydrogens is 581 g/mol. The van der Waals surface area contributed by atoms with Crippen LogP contribution in [0.25, 0.3) is 33.2 Å². The van der Waals surface area contributed by atoms with Gasteiger partial charge in [-0.15, -0.1) is 0 Å². The van der Waals surface area contributed by atoms with Gasteiger partial charge in [0.1, 0.15) is 18.1 Å². The van der Waals surface area contributed by atoms with Crippen molar-refractivity contribution in [2.45, 2.75) is 40.2 Å². The van der Waals surface area contributed by atoms with Crippen LogP contribution in [0.1, 0.15) is 42.1 Å². The fourth-order valence-electron chi connectivity index (χ4n) is 5.82. The summed E-state index contributed by atoms with van der Waals surface area (Å²) in [5, 5.41) is 8.86. The Morgan fingerprint density at radius 1 is 1.00 bits per heavy atom. The molecule has 2 aromatic heterocycles. The van der Waals surface area contributed by atoms with Gasteiger partial charge in [-0.2, -0.15) is 9.78 Å². The summed E-state index contributed by atoms with van der Waals surface area (Å²) in [6.45, 7) is 8.05. The summed E-state index contributed by atoms with van der Waals surface area (Å²) in [7, 11) is 1.65. The molecule has 6 rings (SSSR count). The van der Waals surface area contributed by atoms with E-state index in [0.29, 0.717) is 22.4 Å². The summed E-state index contributed by atoms with van der Waals surface area (Å²) in [4.78, 5) is 32.0. The molecule has 0 aliphatic heterocycles. The number of amides is 1. The van der Waals surface area contributed by atoms with Crippen molar-refractivity contribution in [2.75, 3.05) is 12.4 Å². The van der Waals surface area contributed by atoms with Crippen molar-refractivity contribution in [2.24, 2.45) is 5.10 Å². The molecule has 0 bridgehead atoms. The standard InChI is InChI=1S/C37H34FN5O3/c1-22(2)29-19-30(23(3)17-34(29)46-5)36-41-32-15-8-6-14-28(32)37(45)43(36)39-20-31-24(4)42(33-16-9-7-13-27(31)33)21-35(44)40-26-12-10-11-25(38)18-26/h6-20,22H,21H2,1-5H3,(H,40,44). The Kier molecular flexibility index (Phi) is 8.23. The Bertz CT molecular complexity index is 2210. The van der Waals surface area contributed by atoms with E-state index in [1.54, 1.807) is 37.6 Å². The van der Waals surface area contributed by atoms with Gasteiger partial charge in [0.15, 0.2) is 5.82 Å². The van der Waals surface area contributed by atoms with Crippen molar-refractivity contribution in [3.63, 3.8) is 0 Å². The molecule has 0 aliphatic rings. The van der Waals surface area contributed by atoms with Crippen LogP contribution in [0.15, 0.2) is 94.8 Å². The van der Waals surface area contributed by atoms with E-state index in [2.05, 4.69) is 19.2 Å². The molecule has 2 heterocycles. The number of methoxy groups -OCH3 is 1. The molecule has 232 valence electrons. The summed E-state index contributed by atoms with van der Waals surface area (Å²) in [6, 6.07) is 24.7. The van der Waals surface area contributed by atoms with Gasteiger partial charge in [0.05, 0.1) is 24.2 Å². The van der Waals surface area contributed by atoms with E-state index in [0.717, 1.165) is 44.6 Å². The van der Waals surface area contributed by atoms with Gasteiger partial charge in [-0.3, -0.25) is 9.59 Å². The molecule has 0 radical (unpaired) electrons. The maximum atomic E-state index is 14.0. The van der Waals surface area contributed by atoms with E-state index in [-0.39, 0.29) is 23.9 Å². The number of benzene rings is 4. The smallest absolute Gasteiger partial charge is 0.282 e. The number of nitrogens with zero attached hydrogens (tertiary/aromatic N) is 4. The van der Waals surface area contributed by atoms with Crippen LogP contribution in [0.3, 0.4) is 0 Å². The molecule has 9 heteroatoms. The molecule has 0 saturated heterocycles. The van der Waals surface area contributed by atoms with E-state index < -0.39 is 5.82 Å². The number of aromatic nitrogens is 3. The van der Waals surface area contributed by atoms with Crippen molar-refractivity contribution in [3.8, 4) is 17.1 Å². The normalized spacial score (nSPS) is 11.6. The predicted octanol–water partition coefficient (Wildman–Crippen LogP) is 7.43. The fraction of sp³-hybridized carbons (Fsp3) is 0.189. The number of ether oxygens (including phenoxy) is 1. The summed E-state index contributed by atoms with van der Waals surface area (Å²) < 4.78 is 22.6. The molecule has 0 fully saturated rings. The zero-order valence-corrected chi connectivity index (χ0v) is 26.3. The van der Waals surface area contributed by atoms with Gasteiger partial charge in [-0.1, -0.05) is 50.2 Å². The monoisotopic (exact) mass is 615 g/mol. The molecule has 1 N–H and O–H groups in total. The average Bonchev–Trinajstić information content (AvgIpc) is 3.30. The van der Waals surface area contributed by atoms with Crippen LogP contribution in [0.4, 0.5) is 10.1 Å². The van der Waals surface area contributed by atoms with Gasteiger partial charge in [-0.05, 0) is 79.4 Å². The second kappa shape index (κ2) is 12.4. The first kappa shape index (κ1) is 30.5. The molecule has 0 spiro atoms. The third-order valence-electron chi connectivity index (χ3n) is 8.19. The van der Waals surface area contributed by atoms with Crippen molar-refractivity contribution < 1.29 is 13.9 Å². The fourth-order valence-corrected chi connectivity index (χ4v) is 5.82. The van der Waals surface area contributed by atoms with Gasteiger partial charge < -0.3 is 14.6 Å². The quantitative estimate of drug-likeness (QED) is 0.180. The van der Waals surface area contributed by atoms with Crippen LogP contribution in [0.2, 0.25) is 0 Å². The molecule has 0 atom stereocenters. The summed E-state index contributed by atoms with van der Waals surface area (Å²) in [5.74, 6) is 0.635. The second-order valence-electron chi connectivity index (χ2n) is 11.5. The number of hydrogen-bond acceptors (Lipinski definition) is 5. The van der Waals surface area contributed by atoms with E-state index in [4.69, 9.17) is 14.8 Å². The first-order chi connectivity index (χ1) is 22.2. The lowest BCUT2D eigenvalue weighted by molar-refractivity contribution is -0.116. The first-order valence-electron chi connectivity index (χ1n) is 15.0. The van der Waals surface area contributed by atoms with Gasteiger partial charge in [0.25, 0.3) is 5.56 Å². The molecular formula is C37H34FN5O3. The van der Waals surface area contributed by atoms with Crippen molar-refractivity contribution in [1.29, 1.82) is 0 Å². The number of halogens is 1. The summed E-state index contributed by atoms with van der Waals surface area (Å²) in [6.07, 6.45) is 1.65. The highest BCUT2D eigenvalue weighted by Crippen LogP contribution is 2.34. The number of para-hydroxylation sites is 2. The zero-order chi connectivity index (χ0) is 32.5. The maximum absolute atomic E-state index is 14.0. The summed E-state index contributed by atoms with van der Waals surface area (Å²) >= 11 is 0. The predicted molar refractivity (Wildman–Crippen MR) is 182 cm³/mol. The van der Waals surface area contributed by atoms with E-state index in [9.17, 15) is 14.0 Å². The van der Waals surface area contributed by atoms with Crippen molar-refractivity contribution in [1.82, 2.24) is 14.2 Å². The minimum atomic E-state index is -0.429. The molecule has 4 aromatic carbocycles. The lowest BCUT2D eigenvalue weighted by Gasteiger charge is -2.17. The average molecular weight is 616 g/mol. The highest BCUT2D eigenvalue weighted by molar-refractivity contribution is 6.02. The number of rotatable bonds is 8. The minimum Gasteiger partial charge on any atom is -0.496 e. The van der Waals surface area contributed by atoms with E-state index in [1.807, 2.05) is 66.9 Å². The molecule has 8 nitrogen and oxygen atoms in total. The molecule has 0 unspecified atom stereocenters. The Morgan fingerprint density at radius 2 is 1.74 bits per heavy atom. The van der Waals surface area contributed by atoms with Gasteiger partial charge >= 0.3 is 0 Å². The Balaban J connectivity index is 1.48. The molecule has 0 saturated carbocycles. The molecule has 1 amide bonds. The second-order valence-corrected chi connectivity index (χ2v) is 11.5. The summed E-state index contributed by atoms with van der Waals surface area (Å²) in [5.41, 5.74) is 5.69. The minimum absolute atomic E-state index is 0.00243.